The lowest BCUT2D eigenvalue weighted by atomic mass is 9.70. The van der Waals surface area contributed by atoms with Crippen LogP contribution in [0.25, 0.3) is 43.8 Å². The third-order valence-electron chi connectivity index (χ3n) is 12.8. The largest absolute Gasteiger partial charge is 0.310 e. The number of nitrogens with zero attached hydrogens (tertiary/aromatic N) is 2. The SMILES string of the molecule is Cc1ccc2c(c1)C1(c3ccccc3-2)c2cc(N(c3ccccc3)c3ccc4ccccc4c3)ccc2-c2ccc(N(c3ccccc3)c3ccc4ccccc4c3)cc21. The topological polar surface area (TPSA) is 6.48 Å². The maximum atomic E-state index is 2.49. The number of hydrogen-bond donors (Lipinski definition) is 0. The number of anilines is 6. The Balaban J connectivity index is 1.13. The summed E-state index contributed by atoms with van der Waals surface area (Å²) in [6.45, 7) is 2.23. The molecule has 0 aromatic heterocycles. The minimum atomic E-state index is -0.549. The fourth-order valence-corrected chi connectivity index (χ4v) is 10.2. The third kappa shape index (κ3) is 5.14. The number of hydrogen-bond acceptors (Lipinski definition) is 2. The van der Waals surface area contributed by atoms with Crippen LogP contribution in [0.4, 0.5) is 34.1 Å². The van der Waals surface area contributed by atoms with Crippen LogP contribution in [0, 0.1) is 6.92 Å². The first-order chi connectivity index (χ1) is 29.6. The van der Waals surface area contributed by atoms with Crippen molar-refractivity contribution in [3.63, 3.8) is 0 Å². The van der Waals surface area contributed by atoms with Gasteiger partial charge in [-0.3, -0.25) is 0 Å². The molecule has 2 heteroatoms. The van der Waals surface area contributed by atoms with Crippen molar-refractivity contribution in [3.05, 3.63) is 252 Å². The second-order valence-electron chi connectivity index (χ2n) is 16.2. The lowest BCUT2D eigenvalue weighted by molar-refractivity contribution is 0.792. The summed E-state index contributed by atoms with van der Waals surface area (Å²) < 4.78 is 0. The van der Waals surface area contributed by atoms with Gasteiger partial charge in [-0.15, -0.1) is 0 Å². The van der Waals surface area contributed by atoms with E-state index < -0.39 is 5.41 Å². The lowest BCUT2D eigenvalue weighted by Crippen LogP contribution is -2.26. The summed E-state index contributed by atoms with van der Waals surface area (Å²) in [7, 11) is 0. The van der Waals surface area contributed by atoms with Crippen molar-refractivity contribution in [2.24, 2.45) is 0 Å². The van der Waals surface area contributed by atoms with Gasteiger partial charge < -0.3 is 9.80 Å². The first-order valence-electron chi connectivity index (χ1n) is 20.8. The Kier molecular flexibility index (Phi) is 7.70. The minimum absolute atomic E-state index is 0.549. The highest BCUT2D eigenvalue weighted by Crippen LogP contribution is 2.64. The Morgan fingerprint density at radius 2 is 0.650 bits per heavy atom. The number of fused-ring (bicyclic) bond motifs is 12. The van der Waals surface area contributed by atoms with E-state index >= 15 is 0 Å². The van der Waals surface area contributed by atoms with Crippen molar-refractivity contribution in [2.45, 2.75) is 12.3 Å². The van der Waals surface area contributed by atoms with Crippen LogP contribution in [0.3, 0.4) is 0 Å². The molecule has 0 saturated carbocycles. The molecular formula is C58H40N2. The van der Waals surface area contributed by atoms with Crippen molar-refractivity contribution in [1.29, 1.82) is 0 Å². The molecule has 0 unspecified atom stereocenters. The minimum Gasteiger partial charge on any atom is -0.310 e. The van der Waals surface area contributed by atoms with Crippen molar-refractivity contribution >= 4 is 55.7 Å². The molecule has 1 spiro atoms. The van der Waals surface area contributed by atoms with E-state index in [2.05, 4.69) is 241 Å². The van der Waals surface area contributed by atoms with E-state index in [0.717, 1.165) is 34.1 Å². The van der Waals surface area contributed by atoms with Gasteiger partial charge in [0.25, 0.3) is 0 Å². The Morgan fingerprint density at radius 3 is 1.18 bits per heavy atom. The fourth-order valence-electron chi connectivity index (χ4n) is 10.2. The van der Waals surface area contributed by atoms with Crippen LogP contribution in [-0.4, -0.2) is 0 Å². The molecule has 0 fully saturated rings. The van der Waals surface area contributed by atoms with Gasteiger partial charge in [0, 0.05) is 34.1 Å². The zero-order valence-electron chi connectivity index (χ0n) is 33.3. The maximum absolute atomic E-state index is 2.49. The Labute approximate surface area is 350 Å². The standard InChI is InChI=1S/C58H40N2/c1-39-24-31-51-50-22-12-13-23-54(50)58(55(51)34-39)56-37-48(59(44-18-4-2-5-19-44)46-27-25-40-14-8-10-16-42(40)35-46)29-32-52(56)53-33-30-49(38-57(53)58)60(45-20-6-3-7-21-45)47-28-26-41-15-9-11-17-43(41)36-47/h2-38H,1H3. The zero-order chi connectivity index (χ0) is 39.8. The van der Waals surface area contributed by atoms with Crippen LogP contribution in [0.2, 0.25) is 0 Å². The fraction of sp³-hybridized carbons (Fsp3) is 0.0345. The average Bonchev–Trinajstić information content (AvgIpc) is 3.76. The second kappa shape index (κ2) is 13.4. The Hall–Kier alpha value is -7.68. The van der Waals surface area contributed by atoms with E-state index in [0.29, 0.717) is 0 Å². The van der Waals surface area contributed by atoms with Crippen molar-refractivity contribution in [2.75, 3.05) is 9.80 Å². The van der Waals surface area contributed by atoms with Gasteiger partial charge in [-0.25, -0.2) is 0 Å². The van der Waals surface area contributed by atoms with Crippen LogP contribution in [-0.2, 0) is 5.41 Å². The quantitative estimate of drug-likeness (QED) is 0.166. The predicted octanol–water partition coefficient (Wildman–Crippen LogP) is 15.6. The first kappa shape index (κ1) is 34.4. The van der Waals surface area contributed by atoms with Gasteiger partial charge in [-0.2, -0.15) is 0 Å². The van der Waals surface area contributed by atoms with Crippen LogP contribution < -0.4 is 9.80 Å². The highest BCUT2D eigenvalue weighted by atomic mass is 15.1. The van der Waals surface area contributed by atoms with Crippen molar-refractivity contribution in [1.82, 2.24) is 0 Å². The predicted molar refractivity (Wildman–Crippen MR) is 252 cm³/mol. The normalized spacial score (nSPS) is 12.9. The molecule has 2 nitrogen and oxygen atoms in total. The maximum Gasteiger partial charge on any atom is 0.0727 e. The van der Waals surface area contributed by atoms with Crippen LogP contribution in [0.5, 0.6) is 0 Å². The van der Waals surface area contributed by atoms with Gasteiger partial charge in [0.15, 0.2) is 0 Å². The summed E-state index contributed by atoms with van der Waals surface area (Å²) in [4.78, 5) is 4.84. The van der Waals surface area contributed by atoms with Crippen molar-refractivity contribution < 1.29 is 0 Å². The number of rotatable bonds is 6. The third-order valence-corrected chi connectivity index (χ3v) is 12.8. The molecule has 0 amide bonds. The average molecular weight is 765 g/mol. The van der Waals surface area contributed by atoms with E-state index in [1.807, 2.05) is 0 Å². The van der Waals surface area contributed by atoms with Crippen LogP contribution in [0.1, 0.15) is 27.8 Å². The molecule has 2 aliphatic carbocycles. The number of aryl methyl sites for hydroxylation is 1. The highest BCUT2D eigenvalue weighted by Gasteiger charge is 2.52. The first-order valence-corrected chi connectivity index (χ1v) is 20.8. The van der Waals surface area contributed by atoms with Gasteiger partial charge in [0.2, 0.25) is 0 Å². The summed E-state index contributed by atoms with van der Waals surface area (Å²) in [5.74, 6) is 0. The monoisotopic (exact) mass is 764 g/mol. The van der Waals surface area contributed by atoms with Crippen LogP contribution in [0.15, 0.2) is 224 Å². The molecule has 10 aromatic rings. The molecule has 0 radical (unpaired) electrons. The molecule has 0 atom stereocenters. The molecule has 0 saturated heterocycles. The van der Waals surface area contributed by atoms with E-state index in [1.165, 1.54) is 71.6 Å². The number of para-hydroxylation sites is 2. The van der Waals surface area contributed by atoms with Crippen molar-refractivity contribution in [3.8, 4) is 22.3 Å². The molecule has 282 valence electrons. The Morgan fingerprint density at radius 1 is 0.267 bits per heavy atom. The van der Waals surface area contributed by atoms with E-state index in [9.17, 15) is 0 Å². The van der Waals surface area contributed by atoms with E-state index in [4.69, 9.17) is 0 Å². The summed E-state index contributed by atoms with van der Waals surface area (Å²) in [5, 5.41) is 4.90. The smallest absolute Gasteiger partial charge is 0.0727 e. The van der Waals surface area contributed by atoms with E-state index in [-0.39, 0.29) is 0 Å². The summed E-state index contributed by atoms with van der Waals surface area (Å²) in [6, 6.07) is 83.1. The summed E-state index contributed by atoms with van der Waals surface area (Å²) in [5.41, 5.74) is 17.9. The molecule has 0 N–H and O–H groups in total. The summed E-state index contributed by atoms with van der Waals surface area (Å²) >= 11 is 0. The number of benzene rings is 10. The summed E-state index contributed by atoms with van der Waals surface area (Å²) in [6.07, 6.45) is 0. The highest BCUT2D eigenvalue weighted by molar-refractivity contribution is 5.99. The molecule has 2 aliphatic rings. The van der Waals surface area contributed by atoms with Gasteiger partial charge in [0.1, 0.15) is 0 Å². The van der Waals surface area contributed by atoms with Gasteiger partial charge >= 0.3 is 0 Å². The molecular weight excluding hydrogens is 725 g/mol. The van der Waals surface area contributed by atoms with E-state index in [1.54, 1.807) is 0 Å². The van der Waals surface area contributed by atoms with Gasteiger partial charge in [0.05, 0.1) is 5.41 Å². The lowest BCUT2D eigenvalue weighted by Gasteiger charge is -2.33. The van der Waals surface area contributed by atoms with Gasteiger partial charge in [-0.05, 0) is 146 Å². The molecule has 0 bridgehead atoms. The molecule has 0 heterocycles. The van der Waals surface area contributed by atoms with Crippen LogP contribution >= 0.6 is 0 Å². The Bertz CT molecular complexity index is 3120. The second-order valence-corrected chi connectivity index (χ2v) is 16.2. The molecule has 12 rings (SSSR count). The molecule has 60 heavy (non-hydrogen) atoms. The molecule has 10 aromatic carbocycles. The zero-order valence-corrected chi connectivity index (χ0v) is 33.3. The molecule has 0 aliphatic heterocycles. The van der Waals surface area contributed by atoms with Gasteiger partial charge in [-0.1, -0.05) is 157 Å².